The highest BCUT2D eigenvalue weighted by molar-refractivity contribution is 5.86. The number of hydrogen-bond acceptors (Lipinski definition) is 5. The van der Waals surface area contributed by atoms with Gasteiger partial charge in [0.25, 0.3) is 0 Å². The summed E-state index contributed by atoms with van der Waals surface area (Å²) >= 11 is 0. The summed E-state index contributed by atoms with van der Waals surface area (Å²) in [6.07, 6.45) is 2.76. The van der Waals surface area contributed by atoms with Crippen LogP contribution in [0.4, 0.5) is 0 Å². The molecule has 0 amide bonds. The van der Waals surface area contributed by atoms with Gasteiger partial charge in [-0.05, 0) is 6.92 Å². The van der Waals surface area contributed by atoms with Crippen molar-refractivity contribution in [1.82, 2.24) is 0 Å². The van der Waals surface area contributed by atoms with Crippen molar-refractivity contribution in [3.63, 3.8) is 0 Å². The van der Waals surface area contributed by atoms with Crippen molar-refractivity contribution in [2.45, 2.75) is 13.0 Å². The van der Waals surface area contributed by atoms with Gasteiger partial charge in [-0.3, -0.25) is 0 Å². The molecule has 1 fully saturated rings. The van der Waals surface area contributed by atoms with Crippen LogP contribution in [0.2, 0.25) is 0 Å². The zero-order valence-electron chi connectivity index (χ0n) is 11.9. The fourth-order valence-corrected chi connectivity index (χ4v) is 0.656. The third-order valence-corrected chi connectivity index (χ3v) is 1.66. The second-order valence-corrected chi connectivity index (χ2v) is 3.46. The van der Waals surface area contributed by atoms with E-state index >= 15 is 0 Å². The molecule has 1 rings (SSSR count). The molecule has 112 valence electrons. The first-order chi connectivity index (χ1) is 9.51. The average molecular weight is 282 g/mol. The molecular weight excluding hydrogens is 260 g/mol. The second kappa shape index (κ2) is 13.3. The predicted octanol–water partition coefficient (Wildman–Crippen LogP) is 2.21. The first-order valence-corrected chi connectivity index (χ1v) is 5.85. The molecule has 0 aliphatic carbocycles. The predicted molar refractivity (Wildman–Crippen MR) is 78.1 cm³/mol. The monoisotopic (exact) mass is 282 g/mol. The third kappa shape index (κ3) is 13.9. The standard InChI is InChI=1S/C7H10O3.C6H8O2.C2H4/c1-5(2)7(8)10-4-6-3-9-6;1-3-5-8-6(7)4-2;1-2/h6H,1,3-4H2,2H3;3-4H,1-2,5H2;1-2H2. The molecule has 1 atom stereocenters. The summed E-state index contributed by atoms with van der Waals surface area (Å²) < 4.78 is 14.1. The van der Waals surface area contributed by atoms with Crippen molar-refractivity contribution in [2.75, 3.05) is 19.8 Å². The fraction of sp³-hybridized carbons (Fsp3) is 0.333. The van der Waals surface area contributed by atoms with Gasteiger partial charge >= 0.3 is 11.9 Å². The molecule has 1 unspecified atom stereocenters. The molecule has 0 saturated carbocycles. The number of hydrogen-bond donors (Lipinski definition) is 0. The van der Waals surface area contributed by atoms with Crippen LogP contribution < -0.4 is 0 Å². The van der Waals surface area contributed by atoms with Crippen molar-refractivity contribution < 1.29 is 23.8 Å². The quantitative estimate of drug-likeness (QED) is 0.323. The molecule has 1 saturated heterocycles. The molecule has 0 N–H and O–H groups in total. The van der Waals surface area contributed by atoms with E-state index in [1.165, 1.54) is 6.08 Å². The second-order valence-electron chi connectivity index (χ2n) is 3.46. The number of ether oxygens (including phenoxy) is 3. The molecule has 1 aliphatic heterocycles. The Morgan fingerprint density at radius 3 is 2.20 bits per heavy atom. The Balaban J connectivity index is 0. The van der Waals surface area contributed by atoms with Crippen molar-refractivity contribution in [1.29, 1.82) is 0 Å². The Morgan fingerprint density at radius 1 is 1.30 bits per heavy atom. The van der Waals surface area contributed by atoms with E-state index in [1.54, 1.807) is 6.92 Å². The van der Waals surface area contributed by atoms with Crippen LogP contribution in [-0.2, 0) is 23.8 Å². The maximum absolute atomic E-state index is 10.7. The smallest absolute Gasteiger partial charge is 0.333 e. The number of carbonyl (C=O) groups excluding carboxylic acids is 2. The van der Waals surface area contributed by atoms with Crippen LogP contribution in [0.25, 0.3) is 0 Å². The summed E-state index contributed by atoms with van der Waals surface area (Å²) in [5.41, 5.74) is 0.431. The van der Waals surface area contributed by atoms with Gasteiger partial charge in [0.05, 0.1) is 6.61 Å². The minimum Gasteiger partial charge on any atom is -0.459 e. The van der Waals surface area contributed by atoms with Crippen LogP contribution in [0, 0.1) is 0 Å². The molecule has 5 nitrogen and oxygen atoms in total. The molecule has 0 radical (unpaired) electrons. The van der Waals surface area contributed by atoms with Crippen molar-refractivity contribution in [3.8, 4) is 0 Å². The lowest BCUT2D eigenvalue weighted by Crippen LogP contribution is -2.09. The summed E-state index contributed by atoms with van der Waals surface area (Å²) in [4.78, 5) is 20.9. The maximum atomic E-state index is 10.7. The molecule has 1 heterocycles. The van der Waals surface area contributed by atoms with E-state index in [9.17, 15) is 9.59 Å². The van der Waals surface area contributed by atoms with Crippen LogP contribution in [-0.4, -0.2) is 37.9 Å². The Morgan fingerprint density at radius 2 is 1.85 bits per heavy atom. The summed E-state index contributed by atoms with van der Waals surface area (Å²) in [6, 6.07) is 0. The molecule has 5 heteroatoms. The maximum Gasteiger partial charge on any atom is 0.333 e. The van der Waals surface area contributed by atoms with E-state index in [0.29, 0.717) is 18.8 Å². The molecule has 20 heavy (non-hydrogen) atoms. The number of carbonyl (C=O) groups is 2. The van der Waals surface area contributed by atoms with Crippen LogP contribution in [0.1, 0.15) is 6.92 Å². The van der Waals surface area contributed by atoms with Crippen molar-refractivity contribution >= 4 is 11.9 Å². The molecule has 0 spiro atoms. The molecule has 0 aromatic heterocycles. The average Bonchev–Trinajstić information content (AvgIpc) is 3.29. The molecule has 0 bridgehead atoms. The topological polar surface area (TPSA) is 65.1 Å². The highest BCUT2D eigenvalue weighted by atomic mass is 16.6. The minimum absolute atomic E-state index is 0.142. The van der Waals surface area contributed by atoms with Crippen LogP contribution >= 0.6 is 0 Å². The van der Waals surface area contributed by atoms with Gasteiger partial charge in [0.1, 0.15) is 19.3 Å². The van der Waals surface area contributed by atoms with E-state index in [1.807, 2.05) is 0 Å². The van der Waals surface area contributed by atoms with Gasteiger partial charge in [-0.2, -0.15) is 0 Å². The van der Waals surface area contributed by atoms with Crippen LogP contribution in [0.3, 0.4) is 0 Å². The van der Waals surface area contributed by atoms with Gasteiger partial charge < -0.3 is 14.2 Å². The van der Waals surface area contributed by atoms with E-state index in [4.69, 9.17) is 9.47 Å². The molecular formula is C15H22O5. The molecule has 0 aromatic carbocycles. The van der Waals surface area contributed by atoms with Crippen LogP contribution in [0.15, 0.2) is 50.6 Å². The van der Waals surface area contributed by atoms with E-state index < -0.39 is 5.97 Å². The lowest BCUT2D eigenvalue weighted by molar-refractivity contribution is -0.139. The van der Waals surface area contributed by atoms with E-state index in [-0.39, 0.29) is 18.7 Å². The van der Waals surface area contributed by atoms with Gasteiger partial charge in [0.2, 0.25) is 0 Å². The summed E-state index contributed by atoms with van der Waals surface area (Å²) in [7, 11) is 0. The Hall–Kier alpha value is -2.14. The molecule has 1 aliphatic rings. The van der Waals surface area contributed by atoms with Gasteiger partial charge in [0.15, 0.2) is 0 Å². The summed E-state index contributed by atoms with van der Waals surface area (Å²) in [5, 5.41) is 0. The molecule has 0 aromatic rings. The normalized spacial score (nSPS) is 14.2. The zero-order valence-corrected chi connectivity index (χ0v) is 11.9. The van der Waals surface area contributed by atoms with Crippen molar-refractivity contribution in [2.24, 2.45) is 0 Å². The lowest BCUT2D eigenvalue weighted by atomic mass is 10.4. The number of rotatable bonds is 6. The summed E-state index contributed by atoms with van der Waals surface area (Å²) in [6.45, 7) is 19.0. The summed E-state index contributed by atoms with van der Waals surface area (Å²) in [5.74, 6) is -0.750. The third-order valence-electron chi connectivity index (χ3n) is 1.66. The number of epoxide rings is 1. The SMILES string of the molecule is C=C.C=C(C)C(=O)OCC1CO1.C=CCOC(=O)C=C. The largest absolute Gasteiger partial charge is 0.459 e. The first kappa shape index (κ1) is 20.2. The van der Waals surface area contributed by atoms with Gasteiger partial charge in [-0.25, -0.2) is 9.59 Å². The highest BCUT2D eigenvalue weighted by Gasteiger charge is 2.24. The Kier molecular flexibility index (Phi) is 13.4. The van der Waals surface area contributed by atoms with Gasteiger partial charge in [0, 0.05) is 11.6 Å². The fourth-order valence-electron chi connectivity index (χ4n) is 0.656. The van der Waals surface area contributed by atoms with Gasteiger partial charge in [-0.1, -0.05) is 25.8 Å². The van der Waals surface area contributed by atoms with Crippen molar-refractivity contribution in [3.05, 3.63) is 50.6 Å². The Bertz CT molecular complexity index is 342. The van der Waals surface area contributed by atoms with E-state index in [2.05, 4.69) is 37.6 Å². The lowest BCUT2D eigenvalue weighted by Gasteiger charge is -1.99. The Labute approximate surface area is 120 Å². The van der Waals surface area contributed by atoms with Gasteiger partial charge in [-0.15, -0.1) is 13.2 Å². The number of esters is 2. The van der Waals surface area contributed by atoms with Crippen LogP contribution in [0.5, 0.6) is 0 Å². The van der Waals surface area contributed by atoms with E-state index in [0.717, 1.165) is 6.08 Å². The minimum atomic E-state index is -0.412. The zero-order chi connectivity index (χ0) is 16.0. The first-order valence-electron chi connectivity index (χ1n) is 5.85. The highest BCUT2D eigenvalue weighted by Crippen LogP contribution is 2.09.